The Labute approximate surface area is 210 Å². The highest BCUT2D eigenvalue weighted by molar-refractivity contribution is 5.97. The van der Waals surface area contributed by atoms with Crippen LogP contribution in [0.1, 0.15) is 48.9 Å². The van der Waals surface area contributed by atoms with Crippen LogP contribution in [0.25, 0.3) is 0 Å². The first-order chi connectivity index (χ1) is 17.3. The molecule has 0 aromatic heterocycles. The fraction of sp³-hybridized carbons (Fsp3) is 0.409. The van der Waals surface area contributed by atoms with E-state index in [2.05, 4.69) is 16.0 Å². The quantitative estimate of drug-likeness (QED) is 0.121. The molecular formula is C22H28N4O11. The molecule has 37 heavy (non-hydrogen) atoms. The van der Waals surface area contributed by atoms with E-state index in [0.29, 0.717) is 5.69 Å². The zero-order valence-electron chi connectivity index (χ0n) is 19.5. The van der Waals surface area contributed by atoms with Gasteiger partial charge in [-0.3, -0.25) is 19.2 Å². The van der Waals surface area contributed by atoms with Crippen LogP contribution in [0.2, 0.25) is 0 Å². The van der Waals surface area contributed by atoms with Crippen molar-refractivity contribution in [3.05, 3.63) is 29.8 Å². The van der Waals surface area contributed by atoms with Gasteiger partial charge in [0.25, 0.3) is 5.91 Å². The summed E-state index contributed by atoms with van der Waals surface area (Å²) in [4.78, 5) is 81.1. The molecule has 0 bridgehead atoms. The van der Waals surface area contributed by atoms with Gasteiger partial charge in [0, 0.05) is 30.5 Å². The van der Waals surface area contributed by atoms with Crippen molar-refractivity contribution in [3.8, 4) is 0 Å². The highest BCUT2D eigenvalue weighted by atomic mass is 16.4. The molecule has 202 valence electrons. The Kier molecular flexibility index (Phi) is 12.0. The number of carbonyl (C=O) groups is 7. The molecule has 0 heterocycles. The third-order valence-corrected chi connectivity index (χ3v) is 5.01. The number of carboxylic acids is 4. The third kappa shape index (κ3) is 11.5. The Hall–Kier alpha value is -4.69. The molecule has 0 spiro atoms. The van der Waals surface area contributed by atoms with Crippen molar-refractivity contribution in [2.75, 3.05) is 5.73 Å². The molecule has 0 aliphatic heterocycles. The summed E-state index contributed by atoms with van der Waals surface area (Å²) in [6.45, 7) is 0. The number of hydrogen-bond donors (Lipinski definition) is 8. The van der Waals surface area contributed by atoms with Crippen LogP contribution in [0, 0.1) is 0 Å². The van der Waals surface area contributed by atoms with Crippen LogP contribution < -0.4 is 21.7 Å². The van der Waals surface area contributed by atoms with Gasteiger partial charge in [-0.05, 0) is 43.5 Å². The molecule has 1 rings (SSSR count). The van der Waals surface area contributed by atoms with Crippen molar-refractivity contribution in [1.82, 2.24) is 16.0 Å². The van der Waals surface area contributed by atoms with Crippen LogP contribution in [-0.4, -0.2) is 80.2 Å². The predicted molar refractivity (Wildman–Crippen MR) is 124 cm³/mol. The second-order valence-corrected chi connectivity index (χ2v) is 7.91. The summed E-state index contributed by atoms with van der Waals surface area (Å²) in [5.41, 5.74) is 6.07. The van der Waals surface area contributed by atoms with Gasteiger partial charge in [-0.1, -0.05) is 0 Å². The number of benzene rings is 1. The second-order valence-electron chi connectivity index (χ2n) is 7.91. The Morgan fingerprint density at radius 2 is 1.00 bits per heavy atom. The molecule has 0 aliphatic carbocycles. The molecule has 0 saturated carbocycles. The van der Waals surface area contributed by atoms with E-state index in [9.17, 15) is 43.8 Å². The standard InChI is InChI=1S/C22H28N4O11/c23-12-3-1-11(2-4-12)19(31)26-15(22(36)37)6-9-17(28)24-13(20(32)33)5-8-16(27)25-14(21(34)35)7-10-18(29)30/h1-4,13-15H,5-10,23H2,(H,24,28)(H,25,27)(H,26,31)(H,29,30)(H,32,33)(H,34,35)(H,36,37)/t13-,14-,15-/m0/s1. The first-order valence-electron chi connectivity index (χ1n) is 11.0. The Balaban J connectivity index is 2.61. The molecule has 3 atom stereocenters. The summed E-state index contributed by atoms with van der Waals surface area (Å²) in [5, 5.41) is 42.8. The smallest absolute Gasteiger partial charge is 0.326 e. The number of nitrogen functional groups attached to an aromatic ring is 1. The predicted octanol–water partition coefficient (Wildman–Crippen LogP) is -0.984. The highest BCUT2D eigenvalue weighted by Crippen LogP contribution is 2.08. The lowest BCUT2D eigenvalue weighted by Crippen LogP contribution is -2.45. The lowest BCUT2D eigenvalue weighted by Gasteiger charge is -2.18. The van der Waals surface area contributed by atoms with E-state index in [1.54, 1.807) is 0 Å². The lowest BCUT2D eigenvalue weighted by atomic mass is 10.1. The number of aliphatic carboxylic acids is 4. The number of nitrogens with one attached hydrogen (secondary N) is 3. The van der Waals surface area contributed by atoms with Gasteiger partial charge in [0.05, 0.1) is 0 Å². The topological polar surface area (TPSA) is 263 Å². The molecule has 0 fully saturated rings. The summed E-state index contributed by atoms with van der Waals surface area (Å²) < 4.78 is 0. The summed E-state index contributed by atoms with van der Waals surface area (Å²) >= 11 is 0. The van der Waals surface area contributed by atoms with Crippen molar-refractivity contribution in [1.29, 1.82) is 0 Å². The summed E-state index contributed by atoms with van der Waals surface area (Å²) in [7, 11) is 0. The maximum atomic E-state index is 12.2. The number of carboxylic acid groups (broad SMARTS) is 4. The molecule has 15 heteroatoms. The molecular weight excluding hydrogens is 496 g/mol. The molecule has 0 saturated heterocycles. The Morgan fingerprint density at radius 1 is 0.622 bits per heavy atom. The van der Waals surface area contributed by atoms with Crippen LogP contribution in [0.4, 0.5) is 5.69 Å². The molecule has 3 amide bonds. The molecule has 0 radical (unpaired) electrons. The maximum absolute atomic E-state index is 12.2. The average molecular weight is 524 g/mol. The van der Waals surface area contributed by atoms with Gasteiger partial charge in [-0.15, -0.1) is 0 Å². The van der Waals surface area contributed by atoms with Crippen molar-refractivity contribution in [2.45, 2.75) is 56.7 Å². The third-order valence-electron chi connectivity index (χ3n) is 5.01. The van der Waals surface area contributed by atoms with Gasteiger partial charge >= 0.3 is 23.9 Å². The van der Waals surface area contributed by atoms with E-state index >= 15 is 0 Å². The maximum Gasteiger partial charge on any atom is 0.326 e. The van der Waals surface area contributed by atoms with Crippen molar-refractivity contribution in [3.63, 3.8) is 0 Å². The van der Waals surface area contributed by atoms with Crippen LogP contribution >= 0.6 is 0 Å². The number of nitrogens with two attached hydrogens (primary N) is 1. The van der Waals surface area contributed by atoms with E-state index in [1.165, 1.54) is 24.3 Å². The monoisotopic (exact) mass is 524 g/mol. The van der Waals surface area contributed by atoms with Crippen LogP contribution in [0.3, 0.4) is 0 Å². The first kappa shape index (κ1) is 30.3. The molecule has 15 nitrogen and oxygen atoms in total. The highest BCUT2D eigenvalue weighted by Gasteiger charge is 2.26. The van der Waals surface area contributed by atoms with Gasteiger partial charge in [-0.2, -0.15) is 0 Å². The molecule has 0 aliphatic rings. The lowest BCUT2D eigenvalue weighted by molar-refractivity contribution is -0.144. The largest absolute Gasteiger partial charge is 0.481 e. The van der Waals surface area contributed by atoms with Crippen LogP contribution in [-0.2, 0) is 28.8 Å². The SMILES string of the molecule is Nc1ccc(C(=O)N[C@@H](CCC(=O)N[C@@H](CCC(=O)N[C@@H](CCC(=O)O)C(=O)O)C(=O)O)C(=O)O)cc1. The number of hydrogen-bond acceptors (Lipinski definition) is 8. The van der Waals surface area contributed by atoms with E-state index in [4.69, 9.17) is 15.9 Å². The molecule has 9 N–H and O–H groups in total. The van der Waals surface area contributed by atoms with Crippen molar-refractivity contribution < 1.29 is 54.0 Å². The fourth-order valence-electron chi connectivity index (χ4n) is 3.00. The zero-order valence-corrected chi connectivity index (χ0v) is 19.5. The molecule has 1 aromatic carbocycles. The number of rotatable bonds is 16. The summed E-state index contributed by atoms with van der Waals surface area (Å²) in [6, 6.07) is 1.17. The summed E-state index contributed by atoms with van der Waals surface area (Å²) in [6.07, 6.45) is -2.64. The van der Waals surface area contributed by atoms with Crippen LogP contribution in [0.5, 0.6) is 0 Å². The first-order valence-corrected chi connectivity index (χ1v) is 11.0. The minimum absolute atomic E-state index is 0.141. The van der Waals surface area contributed by atoms with Crippen molar-refractivity contribution >= 4 is 47.3 Å². The van der Waals surface area contributed by atoms with Gasteiger partial charge < -0.3 is 42.1 Å². The van der Waals surface area contributed by atoms with Crippen LogP contribution in [0.15, 0.2) is 24.3 Å². The van der Waals surface area contributed by atoms with E-state index < -0.39 is 85.4 Å². The number of anilines is 1. The molecule has 0 unspecified atom stereocenters. The minimum Gasteiger partial charge on any atom is -0.481 e. The van der Waals surface area contributed by atoms with E-state index in [1.807, 2.05) is 0 Å². The Morgan fingerprint density at radius 3 is 1.38 bits per heavy atom. The van der Waals surface area contributed by atoms with Gasteiger partial charge in [0.1, 0.15) is 18.1 Å². The number of carbonyl (C=O) groups excluding carboxylic acids is 3. The zero-order chi connectivity index (χ0) is 28.1. The van der Waals surface area contributed by atoms with Gasteiger partial charge in [0.15, 0.2) is 0 Å². The normalized spacial score (nSPS) is 12.9. The summed E-state index contributed by atoms with van der Waals surface area (Å²) in [5.74, 6) is -8.07. The molecule has 1 aromatic rings. The Bertz CT molecular complexity index is 1030. The van der Waals surface area contributed by atoms with E-state index in [-0.39, 0.29) is 18.4 Å². The van der Waals surface area contributed by atoms with E-state index in [0.717, 1.165) is 0 Å². The fourth-order valence-corrected chi connectivity index (χ4v) is 3.00. The van der Waals surface area contributed by atoms with Crippen molar-refractivity contribution in [2.24, 2.45) is 0 Å². The minimum atomic E-state index is -1.55. The number of amides is 3. The average Bonchev–Trinajstić information content (AvgIpc) is 2.81. The second kappa shape index (κ2) is 14.7. The van der Waals surface area contributed by atoms with Gasteiger partial charge in [0.2, 0.25) is 11.8 Å². The van der Waals surface area contributed by atoms with Gasteiger partial charge in [-0.25, -0.2) is 14.4 Å².